The molecule has 1 aliphatic rings. The van der Waals surface area contributed by atoms with Gasteiger partial charge in [0.2, 0.25) is 0 Å². The number of hydrogen-bond donors (Lipinski definition) is 2. The molecule has 0 saturated carbocycles. The molecule has 1 aromatic heterocycles. The van der Waals surface area contributed by atoms with Gasteiger partial charge in [0, 0.05) is 19.0 Å². The van der Waals surface area contributed by atoms with Crippen molar-refractivity contribution in [2.45, 2.75) is 24.7 Å². The van der Waals surface area contributed by atoms with Crippen LogP contribution in [0.5, 0.6) is 6.01 Å². The lowest BCUT2D eigenvalue weighted by Crippen LogP contribution is -2.47. The highest BCUT2D eigenvalue weighted by Gasteiger charge is 2.31. The molecule has 1 aliphatic heterocycles. The fourth-order valence-corrected chi connectivity index (χ4v) is 1.52. The summed E-state index contributed by atoms with van der Waals surface area (Å²) in [6.07, 6.45) is 1.37. The first-order valence-electron chi connectivity index (χ1n) is 5.15. The van der Waals surface area contributed by atoms with Crippen LogP contribution in [-0.4, -0.2) is 51.7 Å². The molecule has 0 amide bonds. The van der Waals surface area contributed by atoms with Crippen LogP contribution in [0.25, 0.3) is 0 Å². The van der Waals surface area contributed by atoms with E-state index in [4.69, 9.17) is 9.47 Å². The Bertz CT molecular complexity index is 322. The molecule has 3 atom stereocenters. The van der Waals surface area contributed by atoms with Gasteiger partial charge in [-0.25, -0.2) is 9.97 Å². The van der Waals surface area contributed by atoms with Gasteiger partial charge in [-0.2, -0.15) is 0 Å². The maximum Gasteiger partial charge on any atom is 0.316 e. The molecule has 0 radical (unpaired) electrons. The van der Waals surface area contributed by atoms with Gasteiger partial charge < -0.3 is 19.7 Å². The summed E-state index contributed by atoms with van der Waals surface area (Å²) in [6.45, 7) is 0.546. The van der Waals surface area contributed by atoms with Gasteiger partial charge in [-0.05, 0) is 12.5 Å². The predicted molar refractivity (Wildman–Crippen MR) is 53.9 cm³/mol. The Hall–Kier alpha value is -1.24. The Balaban J connectivity index is 1.85. The fraction of sp³-hybridized carbons (Fsp3) is 0.600. The summed E-state index contributed by atoms with van der Waals surface area (Å²) in [5.41, 5.74) is 0. The highest BCUT2D eigenvalue weighted by Crippen LogP contribution is 2.15. The maximum absolute atomic E-state index is 9.62. The molecule has 0 spiro atoms. The summed E-state index contributed by atoms with van der Waals surface area (Å²) in [5.74, 6) is 0. The van der Waals surface area contributed by atoms with Gasteiger partial charge in [0.25, 0.3) is 0 Å². The van der Waals surface area contributed by atoms with E-state index in [2.05, 4.69) is 9.97 Å². The highest BCUT2D eigenvalue weighted by molar-refractivity contribution is 4.94. The summed E-state index contributed by atoms with van der Waals surface area (Å²) in [5, 5.41) is 19.0. The zero-order valence-corrected chi connectivity index (χ0v) is 8.69. The Labute approximate surface area is 92.9 Å². The summed E-state index contributed by atoms with van der Waals surface area (Å²) in [6, 6.07) is 1.92. The van der Waals surface area contributed by atoms with E-state index in [0.717, 1.165) is 0 Å². The van der Waals surface area contributed by atoms with Crippen molar-refractivity contribution < 1.29 is 19.7 Å². The molecule has 88 valence electrons. The van der Waals surface area contributed by atoms with Crippen LogP contribution in [0.3, 0.4) is 0 Å². The number of aliphatic hydroxyl groups excluding tert-OH is 2. The zero-order valence-electron chi connectivity index (χ0n) is 8.69. The standard InChI is InChI=1S/C10H14N2O4/c13-7-2-5-15-8(9(7)14)6-16-10-11-3-1-4-12-10/h1,3-4,7-9,13-14H,2,5-6H2. The van der Waals surface area contributed by atoms with E-state index < -0.39 is 18.3 Å². The van der Waals surface area contributed by atoms with Crippen LogP contribution in [-0.2, 0) is 4.74 Å². The lowest BCUT2D eigenvalue weighted by molar-refractivity contribution is -0.145. The smallest absolute Gasteiger partial charge is 0.316 e. The fourth-order valence-electron chi connectivity index (χ4n) is 1.52. The monoisotopic (exact) mass is 226 g/mol. The molecule has 6 nitrogen and oxygen atoms in total. The SMILES string of the molecule is OC1CCOC(COc2ncccn2)C1O. The van der Waals surface area contributed by atoms with Gasteiger partial charge in [0.1, 0.15) is 18.8 Å². The molecule has 0 aromatic carbocycles. The minimum absolute atomic E-state index is 0.127. The quantitative estimate of drug-likeness (QED) is 0.713. The van der Waals surface area contributed by atoms with Crippen LogP contribution in [0.15, 0.2) is 18.5 Å². The van der Waals surface area contributed by atoms with Gasteiger partial charge in [-0.15, -0.1) is 0 Å². The molecule has 2 heterocycles. The first-order chi connectivity index (χ1) is 7.77. The third-order valence-electron chi connectivity index (χ3n) is 2.44. The van der Waals surface area contributed by atoms with E-state index in [1.807, 2.05) is 0 Å². The molecule has 3 unspecified atom stereocenters. The average Bonchev–Trinajstić information content (AvgIpc) is 2.32. The number of hydrogen-bond acceptors (Lipinski definition) is 6. The molecule has 6 heteroatoms. The number of rotatable bonds is 3. The molecule has 1 aromatic rings. The second kappa shape index (κ2) is 5.20. The van der Waals surface area contributed by atoms with Gasteiger partial charge >= 0.3 is 6.01 Å². The first-order valence-corrected chi connectivity index (χ1v) is 5.15. The topological polar surface area (TPSA) is 84.7 Å². The van der Waals surface area contributed by atoms with E-state index in [1.54, 1.807) is 18.5 Å². The number of aliphatic hydroxyl groups is 2. The van der Waals surface area contributed by atoms with Crippen molar-refractivity contribution in [2.75, 3.05) is 13.2 Å². The summed E-state index contributed by atoms with van der Waals surface area (Å²) >= 11 is 0. The van der Waals surface area contributed by atoms with Crippen LogP contribution >= 0.6 is 0 Å². The van der Waals surface area contributed by atoms with Crippen LogP contribution in [0.4, 0.5) is 0 Å². The maximum atomic E-state index is 9.62. The molecule has 1 fully saturated rings. The Kier molecular flexibility index (Phi) is 3.66. The van der Waals surface area contributed by atoms with Crippen molar-refractivity contribution in [3.63, 3.8) is 0 Å². The lowest BCUT2D eigenvalue weighted by atomic mass is 10.0. The van der Waals surface area contributed by atoms with Gasteiger partial charge in [0.15, 0.2) is 0 Å². The van der Waals surface area contributed by atoms with E-state index in [0.29, 0.717) is 13.0 Å². The normalized spacial score (nSPS) is 30.0. The van der Waals surface area contributed by atoms with Gasteiger partial charge in [-0.1, -0.05) is 0 Å². The number of aromatic nitrogens is 2. The third-order valence-corrected chi connectivity index (χ3v) is 2.44. The summed E-state index contributed by atoms with van der Waals surface area (Å²) in [4.78, 5) is 7.75. The van der Waals surface area contributed by atoms with E-state index >= 15 is 0 Å². The van der Waals surface area contributed by atoms with Crippen molar-refractivity contribution >= 4 is 0 Å². The molecule has 0 aliphatic carbocycles. The Morgan fingerprint density at radius 3 is 2.88 bits per heavy atom. The van der Waals surface area contributed by atoms with E-state index in [1.165, 1.54) is 0 Å². The van der Waals surface area contributed by atoms with E-state index in [9.17, 15) is 10.2 Å². The molecule has 2 N–H and O–H groups in total. The number of nitrogens with zero attached hydrogens (tertiary/aromatic N) is 2. The van der Waals surface area contributed by atoms with E-state index in [-0.39, 0.29) is 12.6 Å². The predicted octanol–water partition coefficient (Wildman–Crippen LogP) is -0.634. The van der Waals surface area contributed by atoms with Crippen LogP contribution in [0, 0.1) is 0 Å². The summed E-state index contributed by atoms with van der Waals surface area (Å²) in [7, 11) is 0. The van der Waals surface area contributed by atoms with Crippen LogP contribution < -0.4 is 4.74 Å². The second-order valence-corrected chi connectivity index (χ2v) is 3.60. The van der Waals surface area contributed by atoms with Crippen LogP contribution in [0.2, 0.25) is 0 Å². The van der Waals surface area contributed by atoms with Gasteiger partial charge in [-0.3, -0.25) is 0 Å². The van der Waals surface area contributed by atoms with Crippen molar-refractivity contribution in [3.8, 4) is 6.01 Å². The second-order valence-electron chi connectivity index (χ2n) is 3.60. The minimum Gasteiger partial charge on any atom is -0.461 e. The first kappa shape index (κ1) is 11.3. The highest BCUT2D eigenvalue weighted by atomic mass is 16.6. The lowest BCUT2D eigenvalue weighted by Gasteiger charge is -2.31. The average molecular weight is 226 g/mol. The van der Waals surface area contributed by atoms with Crippen molar-refractivity contribution in [1.82, 2.24) is 9.97 Å². The Morgan fingerprint density at radius 2 is 2.12 bits per heavy atom. The Morgan fingerprint density at radius 1 is 1.38 bits per heavy atom. The molecule has 2 rings (SSSR count). The third kappa shape index (κ3) is 2.66. The van der Waals surface area contributed by atoms with Crippen molar-refractivity contribution in [3.05, 3.63) is 18.5 Å². The molecule has 1 saturated heterocycles. The molecular weight excluding hydrogens is 212 g/mol. The van der Waals surface area contributed by atoms with Gasteiger partial charge in [0.05, 0.1) is 6.10 Å². The molecular formula is C10H14N2O4. The molecule has 16 heavy (non-hydrogen) atoms. The molecule has 0 bridgehead atoms. The van der Waals surface area contributed by atoms with Crippen LogP contribution in [0.1, 0.15) is 6.42 Å². The van der Waals surface area contributed by atoms with Crippen molar-refractivity contribution in [2.24, 2.45) is 0 Å². The zero-order chi connectivity index (χ0) is 11.4. The largest absolute Gasteiger partial charge is 0.461 e. The number of ether oxygens (including phenoxy) is 2. The van der Waals surface area contributed by atoms with Crippen molar-refractivity contribution in [1.29, 1.82) is 0 Å². The summed E-state index contributed by atoms with van der Waals surface area (Å²) < 4.78 is 10.5. The minimum atomic E-state index is -0.919.